The van der Waals surface area contributed by atoms with Crippen molar-refractivity contribution in [3.63, 3.8) is 0 Å². The molecule has 0 bridgehead atoms. The van der Waals surface area contributed by atoms with Crippen molar-refractivity contribution in [1.29, 1.82) is 0 Å². The van der Waals surface area contributed by atoms with Crippen LogP contribution >= 0.6 is 0 Å². The first-order chi connectivity index (χ1) is 9.65. The average molecular weight is 275 g/mol. The lowest BCUT2D eigenvalue weighted by molar-refractivity contribution is 0.288. The van der Waals surface area contributed by atoms with Gasteiger partial charge in [0.15, 0.2) is 17.3 Å². The fraction of sp³-hybridized carbons (Fsp3) is 0.467. The zero-order valence-electron chi connectivity index (χ0n) is 12.4. The molecule has 5 heteroatoms. The molecule has 0 amide bonds. The van der Waals surface area contributed by atoms with Gasteiger partial charge in [-0.15, -0.1) is 0 Å². The highest BCUT2D eigenvalue weighted by Gasteiger charge is 2.12. The number of benzene rings is 1. The second-order valence-electron chi connectivity index (χ2n) is 4.73. The Labute approximate surface area is 119 Å². The topological polar surface area (TPSA) is 60.0 Å². The third-order valence-corrected chi connectivity index (χ3v) is 2.85. The number of ether oxygens (including phenoxy) is 2. The van der Waals surface area contributed by atoms with Gasteiger partial charge in [-0.2, -0.15) is 5.10 Å². The summed E-state index contributed by atoms with van der Waals surface area (Å²) in [6.45, 7) is 9.26. The molecule has 2 rings (SSSR count). The number of hydrogen-bond acceptors (Lipinski definition) is 4. The van der Waals surface area contributed by atoms with Gasteiger partial charge in [-0.3, -0.25) is 5.10 Å². The Kier molecular flexibility index (Phi) is 4.61. The van der Waals surface area contributed by atoms with Crippen molar-refractivity contribution in [1.82, 2.24) is 15.2 Å². The predicted octanol–water partition coefficient (Wildman–Crippen LogP) is 3.39. The molecule has 0 unspecified atom stereocenters. The van der Waals surface area contributed by atoms with E-state index in [-0.39, 0.29) is 0 Å². The molecule has 0 saturated heterocycles. The summed E-state index contributed by atoms with van der Waals surface area (Å²) in [5.74, 6) is 3.36. The molecule has 0 saturated carbocycles. The summed E-state index contributed by atoms with van der Waals surface area (Å²) in [5.41, 5.74) is 0.917. The molecular formula is C15H21N3O2. The Bertz CT molecular complexity index is 564. The van der Waals surface area contributed by atoms with Crippen molar-refractivity contribution in [2.75, 3.05) is 13.2 Å². The van der Waals surface area contributed by atoms with Gasteiger partial charge in [0.2, 0.25) is 0 Å². The third-order valence-electron chi connectivity index (χ3n) is 2.85. The highest BCUT2D eigenvalue weighted by atomic mass is 16.5. The van der Waals surface area contributed by atoms with Crippen LogP contribution in [-0.2, 0) is 0 Å². The Balaban J connectivity index is 2.33. The van der Waals surface area contributed by atoms with E-state index >= 15 is 0 Å². The van der Waals surface area contributed by atoms with Gasteiger partial charge in [-0.05, 0) is 32.0 Å². The minimum Gasteiger partial charge on any atom is -0.490 e. The van der Waals surface area contributed by atoms with Crippen LogP contribution in [0.2, 0.25) is 0 Å². The summed E-state index contributed by atoms with van der Waals surface area (Å²) in [6, 6.07) is 5.76. The molecule has 1 aromatic carbocycles. The molecule has 0 aliphatic carbocycles. The first-order valence-corrected chi connectivity index (χ1v) is 6.98. The van der Waals surface area contributed by atoms with Crippen LogP contribution in [0.25, 0.3) is 11.4 Å². The van der Waals surface area contributed by atoms with Gasteiger partial charge in [-0.25, -0.2) is 4.98 Å². The zero-order chi connectivity index (χ0) is 14.5. The predicted molar refractivity (Wildman–Crippen MR) is 78.2 cm³/mol. The van der Waals surface area contributed by atoms with Gasteiger partial charge in [0, 0.05) is 11.5 Å². The highest BCUT2D eigenvalue weighted by Crippen LogP contribution is 2.32. The van der Waals surface area contributed by atoms with Gasteiger partial charge >= 0.3 is 0 Å². The van der Waals surface area contributed by atoms with Crippen LogP contribution in [0.3, 0.4) is 0 Å². The molecule has 1 aromatic heterocycles. The van der Waals surface area contributed by atoms with Crippen LogP contribution in [-0.4, -0.2) is 28.4 Å². The number of aromatic amines is 1. The average Bonchev–Trinajstić information content (AvgIpc) is 2.91. The number of nitrogens with zero attached hydrogens (tertiary/aromatic N) is 2. The minimum atomic E-state index is 0.324. The van der Waals surface area contributed by atoms with Crippen molar-refractivity contribution in [3.05, 3.63) is 24.0 Å². The summed E-state index contributed by atoms with van der Waals surface area (Å²) < 4.78 is 11.2. The molecule has 2 aromatic rings. The number of H-pyrrole nitrogens is 1. The zero-order valence-corrected chi connectivity index (χ0v) is 12.4. The lowest BCUT2D eigenvalue weighted by atomic mass is 10.2. The van der Waals surface area contributed by atoms with Gasteiger partial charge < -0.3 is 9.47 Å². The molecule has 0 spiro atoms. The van der Waals surface area contributed by atoms with E-state index in [1.54, 1.807) is 0 Å². The van der Waals surface area contributed by atoms with Crippen LogP contribution in [0.4, 0.5) is 0 Å². The van der Waals surface area contributed by atoms with E-state index in [1.807, 2.05) is 32.0 Å². The minimum absolute atomic E-state index is 0.324. The SMILES string of the molecule is CCOc1ccc(-c2n[nH]c(C(C)C)n2)cc1OCC. The summed E-state index contributed by atoms with van der Waals surface area (Å²) in [7, 11) is 0. The van der Waals surface area contributed by atoms with E-state index in [0.29, 0.717) is 25.0 Å². The van der Waals surface area contributed by atoms with Crippen LogP contribution in [0, 0.1) is 0 Å². The molecule has 0 radical (unpaired) electrons. The highest BCUT2D eigenvalue weighted by molar-refractivity contribution is 5.60. The van der Waals surface area contributed by atoms with Gasteiger partial charge in [0.25, 0.3) is 0 Å². The molecule has 1 heterocycles. The lowest BCUT2D eigenvalue weighted by Gasteiger charge is -2.11. The van der Waals surface area contributed by atoms with Crippen molar-refractivity contribution in [2.24, 2.45) is 0 Å². The summed E-state index contributed by atoms with van der Waals surface area (Å²) in [6.07, 6.45) is 0. The maximum Gasteiger partial charge on any atom is 0.181 e. The van der Waals surface area contributed by atoms with Crippen molar-refractivity contribution in [3.8, 4) is 22.9 Å². The van der Waals surface area contributed by atoms with E-state index in [2.05, 4.69) is 29.0 Å². The first kappa shape index (κ1) is 14.4. The molecular weight excluding hydrogens is 254 g/mol. The van der Waals surface area contributed by atoms with Gasteiger partial charge in [-0.1, -0.05) is 13.8 Å². The molecule has 0 aliphatic rings. The fourth-order valence-electron chi connectivity index (χ4n) is 1.85. The summed E-state index contributed by atoms with van der Waals surface area (Å²) >= 11 is 0. The normalized spacial score (nSPS) is 10.8. The Morgan fingerprint density at radius 2 is 1.80 bits per heavy atom. The second kappa shape index (κ2) is 6.41. The maximum atomic E-state index is 5.62. The second-order valence-corrected chi connectivity index (χ2v) is 4.73. The molecule has 108 valence electrons. The van der Waals surface area contributed by atoms with E-state index < -0.39 is 0 Å². The van der Waals surface area contributed by atoms with Crippen LogP contribution in [0.5, 0.6) is 11.5 Å². The monoisotopic (exact) mass is 275 g/mol. The van der Waals surface area contributed by atoms with E-state index in [9.17, 15) is 0 Å². The number of aromatic nitrogens is 3. The van der Waals surface area contributed by atoms with Crippen molar-refractivity contribution < 1.29 is 9.47 Å². The van der Waals surface area contributed by atoms with Crippen LogP contribution < -0.4 is 9.47 Å². The summed E-state index contributed by atoms with van der Waals surface area (Å²) in [5, 5.41) is 7.21. The Hall–Kier alpha value is -2.04. The Morgan fingerprint density at radius 3 is 2.40 bits per heavy atom. The molecule has 0 atom stereocenters. The summed E-state index contributed by atoms with van der Waals surface area (Å²) in [4.78, 5) is 4.49. The quantitative estimate of drug-likeness (QED) is 0.877. The van der Waals surface area contributed by atoms with Crippen molar-refractivity contribution in [2.45, 2.75) is 33.6 Å². The number of nitrogens with one attached hydrogen (secondary N) is 1. The van der Waals surface area contributed by atoms with E-state index in [1.165, 1.54) is 0 Å². The van der Waals surface area contributed by atoms with E-state index in [4.69, 9.17) is 9.47 Å². The number of rotatable bonds is 6. The van der Waals surface area contributed by atoms with Gasteiger partial charge in [0.05, 0.1) is 13.2 Å². The molecule has 20 heavy (non-hydrogen) atoms. The largest absolute Gasteiger partial charge is 0.490 e. The number of hydrogen-bond donors (Lipinski definition) is 1. The van der Waals surface area contributed by atoms with Crippen LogP contribution in [0.15, 0.2) is 18.2 Å². The van der Waals surface area contributed by atoms with E-state index in [0.717, 1.165) is 22.9 Å². The lowest BCUT2D eigenvalue weighted by Crippen LogP contribution is -1.98. The van der Waals surface area contributed by atoms with Gasteiger partial charge in [0.1, 0.15) is 5.82 Å². The fourth-order valence-corrected chi connectivity index (χ4v) is 1.85. The standard InChI is InChI=1S/C15H21N3O2/c1-5-19-12-8-7-11(9-13(12)20-6-2)15-16-14(10(3)4)17-18-15/h7-10H,5-6H2,1-4H3,(H,16,17,18). The first-order valence-electron chi connectivity index (χ1n) is 6.98. The third kappa shape index (κ3) is 3.10. The molecule has 5 nitrogen and oxygen atoms in total. The Morgan fingerprint density at radius 1 is 1.10 bits per heavy atom. The maximum absolute atomic E-state index is 5.62. The van der Waals surface area contributed by atoms with Crippen LogP contribution in [0.1, 0.15) is 39.4 Å². The molecule has 0 fully saturated rings. The smallest absolute Gasteiger partial charge is 0.181 e. The molecule has 0 aliphatic heterocycles. The molecule has 1 N–H and O–H groups in total. The van der Waals surface area contributed by atoms with Crippen molar-refractivity contribution >= 4 is 0 Å².